The highest BCUT2D eigenvalue weighted by atomic mass is 32.1. The molecule has 1 aliphatic heterocycles. The van der Waals surface area contributed by atoms with Crippen molar-refractivity contribution in [3.8, 4) is 0 Å². The molecule has 1 aliphatic rings. The van der Waals surface area contributed by atoms with Gasteiger partial charge >= 0.3 is 0 Å². The number of benzene rings is 2. The average Bonchev–Trinajstić information content (AvgIpc) is 3.30. The monoisotopic (exact) mass is 392 g/mol. The van der Waals surface area contributed by atoms with Crippen molar-refractivity contribution >= 4 is 28.3 Å². The molecule has 7 heteroatoms. The molecule has 1 fully saturated rings. The van der Waals surface area contributed by atoms with Gasteiger partial charge in [0, 0.05) is 25.9 Å². The maximum atomic E-state index is 12.6. The second-order valence-corrected chi connectivity index (χ2v) is 7.88. The zero-order chi connectivity index (χ0) is 19.3. The number of anilines is 1. The minimum atomic E-state index is -0.363. The summed E-state index contributed by atoms with van der Waals surface area (Å²) in [6, 6.07) is 19.8. The first-order valence-electron chi connectivity index (χ1n) is 9.16. The maximum absolute atomic E-state index is 12.6. The highest BCUT2D eigenvalue weighted by Crippen LogP contribution is 2.24. The molecule has 2 amide bonds. The van der Waals surface area contributed by atoms with Crippen molar-refractivity contribution < 1.29 is 9.59 Å². The molecule has 0 spiro atoms. The fourth-order valence-corrected chi connectivity index (χ4v) is 4.03. The Morgan fingerprint density at radius 1 is 1.04 bits per heavy atom. The fraction of sp³-hybridized carbons (Fsp3) is 0.238. The van der Waals surface area contributed by atoms with Crippen LogP contribution >= 0.6 is 11.3 Å². The lowest BCUT2D eigenvalue weighted by molar-refractivity contribution is -0.128. The predicted molar refractivity (Wildman–Crippen MR) is 108 cm³/mol. The van der Waals surface area contributed by atoms with Gasteiger partial charge in [0.05, 0.1) is 5.92 Å². The second-order valence-electron chi connectivity index (χ2n) is 6.81. The van der Waals surface area contributed by atoms with Crippen LogP contribution in [0.4, 0.5) is 5.13 Å². The highest BCUT2D eigenvalue weighted by Gasteiger charge is 2.34. The van der Waals surface area contributed by atoms with Gasteiger partial charge in [0.25, 0.3) is 0 Å². The van der Waals surface area contributed by atoms with E-state index in [1.165, 1.54) is 11.3 Å². The zero-order valence-corrected chi connectivity index (χ0v) is 16.1. The van der Waals surface area contributed by atoms with Crippen LogP contribution in [0.2, 0.25) is 0 Å². The molecule has 1 aromatic heterocycles. The molecule has 0 aliphatic carbocycles. The van der Waals surface area contributed by atoms with Crippen LogP contribution in [0.1, 0.15) is 22.6 Å². The Morgan fingerprint density at radius 3 is 2.43 bits per heavy atom. The molecule has 1 N–H and O–H groups in total. The number of amides is 2. The van der Waals surface area contributed by atoms with Crippen LogP contribution in [0.15, 0.2) is 60.7 Å². The van der Waals surface area contributed by atoms with Gasteiger partial charge in [-0.2, -0.15) is 0 Å². The molecule has 0 saturated carbocycles. The number of carbonyl (C=O) groups is 2. The van der Waals surface area contributed by atoms with Gasteiger partial charge < -0.3 is 10.2 Å². The average molecular weight is 392 g/mol. The summed E-state index contributed by atoms with van der Waals surface area (Å²) in [6.45, 7) is 0.957. The van der Waals surface area contributed by atoms with E-state index in [4.69, 9.17) is 0 Å². The van der Waals surface area contributed by atoms with Crippen molar-refractivity contribution in [3.63, 3.8) is 0 Å². The number of rotatable bonds is 6. The predicted octanol–water partition coefficient (Wildman–Crippen LogP) is 3.12. The van der Waals surface area contributed by atoms with Gasteiger partial charge in [-0.15, -0.1) is 10.2 Å². The van der Waals surface area contributed by atoms with Crippen molar-refractivity contribution in [2.24, 2.45) is 5.92 Å². The van der Waals surface area contributed by atoms with Crippen LogP contribution in [-0.4, -0.2) is 33.5 Å². The molecule has 4 rings (SSSR count). The zero-order valence-electron chi connectivity index (χ0n) is 15.2. The van der Waals surface area contributed by atoms with Gasteiger partial charge in [-0.3, -0.25) is 9.59 Å². The van der Waals surface area contributed by atoms with E-state index in [0.29, 0.717) is 24.6 Å². The Labute approximate surface area is 167 Å². The molecule has 28 heavy (non-hydrogen) atoms. The van der Waals surface area contributed by atoms with Gasteiger partial charge in [-0.05, 0) is 11.1 Å². The molecule has 142 valence electrons. The summed E-state index contributed by atoms with van der Waals surface area (Å²) in [5.74, 6) is -0.532. The number of aromatic nitrogens is 2. The minimum absolute atomic E-state index is 0.00559. The minimum Gasteiger partial charge on any atom is -0.338 e. The summed E-state index contributed by atoms with van der Waals surface area (Å²) >= 11 is 1.37. The summed E-state index contributed by atoms with van der Waals surface area (Å²) in [7, 11) is 0. The molecular formula is C21H20N4O2S. The molecule has 0 radical (unpaired) electrons. The largest absolute Gasteiger partial charge is 0.338 e. The van der Waals surface area contributed by atoms with E-state index in [2.05, 4.69) is 15.5 Å². The van der Waals surface area contributed by atoms with Crippen molar-refractivity contribution in [1.29, 1.82) is 0 Å². The van der Waals surface area contributed by atoms with Gasteiger partial charge in [-0.25, -0.2) is 0 Å². The van der Waals surface area contributed by atoms with Crippen molar-refractivity contribution in [2.45, 2.75) is 19.4 Å². The van der Waals surface area contributed by atoms with Gasteiger partial charge in [0.1, 0.15) is 5.01 Å². The van der Waals surface area contributed by atoms with E-state index < -0.39 is 0 Å². The number of hydrogen-bond acceptors (Lipinski definition) is 5. The van der Waals surface area contributed by atoms with Crippen LogP contribution in [0.5, 0.6) is 0 Å². The van der Waals surface area contributed by atoms with Gasteiger partial charge in [0.15, 0.2) is 0 Å². The first-order chi connectivity index (χ1) is 13.7. The molecule has 3 aromatic rings. The smallest absolute Gasteiger partial charge is 0.231 e. The quantitative estimate of drug-likeness (QED) is 0.699. The number of hydrogen-bond donors (Lipinski definition) is 1. The molecule has 6 nitrogen and oxygen atoms in total. The molecule has 1 atom stereocenters. The summed E-state index contributed by atoms with van der Waals surface area (Å²) < 4.78 is 0. The van der Waals surface area contributed by atoms with Crippen LogP contribution < -0.4 is 5.32 Å². The van der Waals surface area contributed by atoms with Crippen molar-refractivity contribution in [1.82, 2.24) is 15.1 Å². The number of nitrogens with one attached hydrogen (secondary N) is 1. The Hall–Kier alpha value is -3.06. The van der Waals surface area contributed by atoms with Gasteiger partial charge in [-0.1, -0.05) is 72.0 Å². The van der Waals surface area contributed by atoms with Crippen LogP contribution in [-0.2, 0) is 22.6 Å². The number of carbonyl (C=O) groups excluding carboxylic acids is 2. The summed E-state index contributed by atoms with van der Waals surface area (Å²) in [5.41, 5.74) is 2.21. The third-order valence-electron chi connectivity index (χ3n) is 4.70. The van der Waals surface area contributed by atoms with E-state index in [1.54, 1.807) is 4.90 Å². The summed E-state index contributed by atoms with van der Waals surface area (Å²) in [6.07, 6.45) is 0.912. The van der Waals surface area contributed by atoms with Crippen LogP contribution in [0.3, 0.4) is 0 Å². The molecular weight excluding hydrogens is 372 g/mol. The first kappa shape index (κ1) is 18.3. The molecule has 2 aromatic carbocycles. The lowest BCUT2D eigenvalue weighted by Crippen LogP contribution is -2.28. The van der Waals surface area contributed by atoms with Crippen LogP contribution in [0.25, 0.3) is 0 Å². The van der Waals surface area contributed by atoms with E-state index in [1.807, 2.05) is 60.7 Å². The van der Waals surface area contributed by atoms with E-state index in [-0.39, 0.29) is 24.2 Å². The standard InChI is InChI=1S/C21H20N4O2S/c26-19-12-17(14-25(19)13-16-9-5-2-6-10-16)20(27)22-21-24-23-18(28-21)11-15-7-3-1-4-8-15/h1-10,17H,11-14H2,(H,22,24,27)/t17-/m1/s1. The normalized spacial score (nSPS) is 16.4. The van der Waals surface area contributed by atoms with E-state index in [0.717, 1.165) is 16.1 Å². The SMILES string of the molecule is O=C(Nc1nnc(Cc2ccccc2)s1)[C@@H]1CC(=O)N(Cc2ccccc2)C1. The van der Waals surface area contributed by atoms with Crippen LogP contribution in [0, 0.1) is 5.92 Å². The Balaban J connectivity index is 1.33. The molecule has 2 heterocycles. The molecule has 0 unspecified atom stereocenters. The Bertz CT molecular complexity index is 959. The second kappa shape index (κ2) is 8.31. The molecule has 0 bridgehead atoms. The van der Waals surface area contributed by atoms with Crippen molar-refractivity contribution in [3.05, 3.63) is 76.8 Å². The van der Waals surface area contributed by atoms with E-state index in [9.17, 15) is 9.59 Å². The lowest BCUT2D eigenvalue weighted by atomic mass is 10.1. The van der Waals surface area contributed by atoms with Crippen molar-refractivity contribution in [2.75, 3.05) is 11.9 Å². The Kier molecular flexibility index (Phi) is 5.43. The van der Waals surface area contributed by atoms with Gasteiger partial charge in [0.2, 0.25) is 16.9 Å². The Morgan fingerprint density at radius 2 is 1.71 bits per heavy atom. The summed E-state index contributed by atoms with van der Waals surface area (Å²) in [4.78, 5) is 26.6. The fourth-order valence-electron chi connectivity index (χ4n) is 3.26. The highest BCUT2D eigenvalue weighted by molar-refractivity contribution is 7.15. The molecule has 1 saturated heterocycles. The first-order valence-corrected chi connectivity index (χ1v) is 9.98. The summed E-state index contributed by atoms with van der Waals surface area (Å²) in [5, 5.41) is 12.4. The number of nitrogens with zero attached hydrogens (tertiary/aromatic N) is 3. The third kappa shape index (κ3) is 4.43. The lowest BCUT2D eigenvalue weighted by Gasteiger charge is -2.16. The maximum Gasteiger partial charge on any atom is 0.231 e. The topological polar surface area (TPSA) is 75.2 Å². The third-order valence-corrected chi connectivity index (χ3v) is 5.54. The number of likely N-dealkylation sites (tertiary alicyclic amines) is 1. The van der Waals surface area contributed by atoms with E-state index >= 15 is 0 Å².